The molecule has 2 aromatic rings. The summed E-state index contributed by atoms with van der Waals surface area (Å²) >= 11 is 1.06. The molecule has 0 fully saturated rings. The summed E-state index contributed by atoms with van der Waals surface area (Å²) in [6, 6.07) is 6.98. The van der Waals surface area contributed by atoms with Crippen molar-refractivity contribution in [3.05, 3.63) is 46.3 Å². The predicted octanol–water partition coefficient (Wildman–Crippen LogP) is 3.82. The van der Waals surface area contributed by atoms with Gasteiger partial charge >= 0.3 is 0 Å². The second kappa shape index (κ2) is 9.11. The fraction of sp³-hybridized carbons (Fsp3) is 0.480. The van der Waals surface area contributed by atoms with Gasteiger partial charge in [-0.25, -0.2) is 12.7 Å². The molecule has 1 aromatic carbocycles. The van der Waals surface area contributed by atoms with Crippen molar-refractivity contribution in [3.63, 3.8) is 0 Å². The number of thiophene rings is 1. The van der Waals surface area contributed by atoms with Gasteiger partial charge in [-0.15, -0.1) is 15.7 Å². The number of carbonyl (C=O) groups is 2. The summed E-state index contributed by atoms with van der Waals surface area (Å²) in [5.74, 6) is -2.50. The van der Waals surface area contributed by atoms with Crippen molar-refractivity contribution in [1.29, 1.82) is 0 Å². The van der Waals surface area contributed by atoms with Gasteiger partial charge in [0.15, 0.2) is 11.6 Å². The van der Waals surface area contributed by atoms with E-state index in [2.05, 4.69) is 30.5 Å². The molecule has 0 amide bonds. The minimum absolute atomic E-state index is 0.0550. The number of hydrogen-bond acceptors (Lipinski definition) is 8. The van der Waals surface area contributed by atoms with Crippen LogP contribution in [0.15, 0.2) is 38.9 Å². The highest BCUT2D eigenvalue weighted by Crippen LogP contribution is 2.45. The summed E-state index contributed by atoms with van der Waals surface area (Å²) in [6.07, 6.45) is 2.24. The lowest BCUT2D eigenvalue weighted by molar-refractivity contribution is -0.125. The Kier molecular flexibility index (Phi) is 6.80. The van der Waals surface area contributed by atoms with E-state index in [-0.39, 0.29) is 39.0 Å². The molecule has 0 spiro atoms. The number of ketones is 2. The van der Waals surface area contributed by atoms with E-state index in [1.54, 1.807) is 29.6 Å². The molecule has 1 N–H and O–H groups in total. The number of amidine groups is 1. The highest BCUT2D eigenvalue weighted by atomic mass is 32.2. The Labute approximate surface area is 222 Å². The summed E-state index contributed by atoms with van der Waals surface area (Å²) in [4.78, 5) is 27.5. The molecule has 200 valence electrons. The third kappa shape index (κ3) is 5.04. The van der Waals surface area contributed by atoms with Gasteiger partial charge in [-0.1, -0.05) is 45.0 Å². The van der Waals surface area contributed by atoms with Gasteiger partial charge in [-0.2, -0.15) is 8.42 Å². The van der Waals surface area contributed by atoms with Crippen LogP contribution in [0.25, 0.3) is 0 Å². The molecule has 1 aliphatic carbocycles. The SMILES string of the molecule is CN(Cc1csc2c1S(=O)(=O)N=C(C1C(=O)c3ccccc3[C@@](C)(CCC(C)(C)C)C1=O)N2)S(C)(=O)=O. The highest BCUT2D eigenvalue weighted by molar-refractivity contribution is 7.91. The van der Waals surface area contributed by atoms with E-state index < -0.39 is 37.2 Å². The van der Waals surface area contributed by atoms with Crippen molar-refractivity contribution < 1.29 is 26.4 Å². The maximum atomic E-state index is 14.0. The number of carbonyl (C=O) groups excluding carboxylic acids is 2. The molecule has 0 saturated heterocycles. The molecule has 0 saturated carbocycles. The molecule has 1 aliphatic heterocycles. The lowest BCUT2D eigenvalue weighted by atomic mass is 9.62. The topological polar surface area (TPSA) is 130 Å². The molecule has 4 rings (SSSR count). The van der Waals surface area contributed by atoms with Crippen molar-refractivity contribution in [2.24, 2.45) is 15.7 Å². The van der Waals surface area contributed by atoms with Crippen LogP contribution >= 0.6 is 11.3 Å². The molecule has 0 radical (unpaired) electrons. The molecule has 2 heterocycles. The Morgan fingerprint density at radius 3 is 2.46 bits per heavy atom. The third-order valence-electron chi connectivity index (χ3n) is 7.00. The third-order valence-corrected chi connectivity index (χ3v) is 10.8. The van der Waals surface area contributed by atoms with E-state index in [1.165, 1.54) is 7.05 Å². The monoisotopic (exact) mass is 565 g/mol. The zero-order valence-electron chi connectivity index (χ0n) is 21.7. The number of fused-ring (bicyclic) bond motifs is 2. The maximum Gasteiger partial charge on any atom is 0.287 e. The highest BCUT2D eigenvalue weighted by Gasteiger charge is 2.52. The van der Waals surface area contributed by atoms with Crippen molar-refractivity contribution in [2.75, 3.05) is 18.6 Å². The summed E-state index contributed by atoms with van der Waals surface area (Å²) in [7, 11) is -6.50. The number of sulfonamides is 2. The van der Waals surface area contributed by atoms with Gasteiger partial charge in [0.05, 0.1) is 11.7 Å². The van der Waals surface area contributed by atoms with Crippen LogP contribution in [-0.4, -0.2) is 51.8 Å². The molecule has 1 aromatic heterocycles. The van der Waals surface area contributed by atoms with Gasteiger partial charge in [-0.3, -0.25) is 9.59 Å². The molecular weight excluding hydrogens is 534 g/mol. The van der Waals surface area contributed by atoms with Gasteiger partial charge < -0.3 is 5.32 Å². The Balaban J connectivity index is 1.77. The first-order valence-electron chi connectivity index (χ1n) is 11.8. The second-order valence-electron chi connectivity index (χ2n) is 11.1. The van der Waals surface area contributed by atoms with E-state index in [0.717, 1.165) is 28.3 Å². The van der Waals surface area contributed by atoms with Crippen molar-refractivity contribution in [2.45, 2.75) is 57.4 Å². The van der Waals surface area contributed by atoms with Crippen molar-refractivity contribution in [3.8, 4) is 0 Å². The summed E-state index contributed by atoms with van der Waals surface area (Å²) in [6.45, 7) is 7.89. The number of Topliss-reactive ketones (excluding diaryl/α,β-unsaturated/α-hetero) is 2. The Morgan fingerprint density at radius 2 is 1.84 bits per heavy atom. The molecule has 2 aliphatic rings. The van der Waals surface area contributed by atoms with Crippen LogP contribution in [0.1, 0.15) is 62.0 Å². The van der Waals surface area contributed by atoms with Gasteiger partial charge in [-0.05, 0) is 36.1 Å². The van der Waals surface area contributed by atoms with Crippen LogP contribution < -0.4 is 5.32 Å². The molecule has 12 heteroatoms. The smallest absolute Gasteiger partial charge is 0.287 e. The number of rotatable bonds is 6. The summed E-state index contributed by atoms with van der Waals surface area (Å²) in [5, 5.41) is 4.69. The minimum Gasteiger partial charge on any atom is -0.333 e. The Morgan fingerprint density at radius 1 is 1.19 bits per heavy atom. The summed E-state index contributed by atoms with van der Waals surface area (Å²) in [5.41, 5.74) is 0.242. The largest absolute Gasteiger partial charge is 0.333 e. The Hall–Kier alpha value is -2.41. The van der Waals surface area contributed by atoms with E-state index in [0.29, 0.717) is 17.5 Å². The summed E-state index contributed by atoms with van der Waals surface area (Å²) < 4.78 is 55.3. The fourth-order valence-electron chi connectivity index (χ4n) is 4.69. The fourth-order valence-corrected chi connectivity index (χ4v) is 7.70. The molecule has 2 atom stereocenters. The van der Waals surface area contributed by atoms with Crippen LogP contribution in [0.2, 0.25) is 0 Å². The first-order chi connectivity index (χ1) is 17.0. The van der Waals surface area contributed by atoms with Gasteiger partial charge in [0.1, 0.15) is 21.7 Å². The zero-order valence-corrected chi connectivity index (χ0v) is 24.1. The normalized spacial score (nSPS) is 23.3. The van der Waals surface area contributed by atoms with Crippen LogP contribution in [0.4, 0.5) is 5.00 Å². The van der Waals surface area contributed by atoms with Crippen LogP contribution in [-0.2, 0) is 36.8 Å². The average molecular weight is 566 g/mol. The van der Waals surface area contributed by atoms with Crippen molar-refractivity contribution >= 4 is 53.8 Å². The number of nitrogens with one attached hydrogen (secondary N) is 1. The number of nitrogens with zero attached hydrogens (tertiary/aromatic N) is 2. The van der Waals surface area contributed by atoms with Crippen LogP contribution in [0, 0.1) is 11.3 Å². The van der Waals surface area contributed by atoms with Gasteiger partial charge in [0.2, 0.25) is 10.0 Å². The molecule has 1 unspecified atom stereocenters. The quantitative estimate of drug-likeness (QED) is 0.527. The lowest BCUT2D eigenvalue weighted by Crippen LogP contribution is -2.51. The number of hydrogen-bond donors (Lipinski definition) is 1. The molecule has 37 heavy (non-hydrogen) atoms. The molecule has 0 bridgehead atoms. The van der Waals surface area contributed by atoms with E-state index in [1.807, 2.05) is 6.92 Å². The van der Waals surface area contributed by atoms with E-state index in [4.69, 9.17) is 0 Å². The lowest BCUT2D eigenvalue weighted by Gasteiger charge is -2.39. The predicted molar refractivity (Wildman–Crippen MR) is 144 cm³/mol. The van der Waals surface area contributed by atoms with Gasteiger partial charge in [0, 0.05) is 24.7 Å². The first-order valence-corrected chi connectivity index (χ1v) is 15.9. The molecule has 9 nitrogen and oxygen atoms in total. The Bertz CT molecular complexity index is 1530. The van der Waals surface area contributed by atoms with Crippen molar-refractivity contribution in [1.82, 2.24) is 4.31 Å². The van der Waals surface area contributed by atoms with Crippen LogP contribution in [0.3, 0.4) is 0 Å². The molecular formula is C25H31N3O6S3. The van der Waals surface area contributed by atoms with Gasteiger partial charge in [0.25, 0.3) is 10.0 Å². The first kappa shape index (κ1) is 27.6. The minimum atomic E-state index is -4.31. The van der Waals surface area contributed by atoms with E-state index >= 15 is 0 Å². The standard InChI is InChI=1S/C25H31N3O6S3/c1-24(2,3)11-12-25(4)17-10-8-7-9-16(17)19(29)18(21(25)30)22-26-23-20(37(33,34)27-22)15(14-35-23)13-28(5)36(6,31)32/h7-10,14,18H,11-13H2,1-6H3,(H,26,27)/t18?,25-/m1/s1. The number of benzene rings is 1. The maximum absolute atomic E-state index is 14.0. The van der Waals surface area contributed by atoms with E-state index in [9.17, 15) is 26.4 Å². The average Bonchev–Trinajstić information content (AvgIpc) is 3.19. The second-order valence-corrected chi connectivity index (χ2v) is 15.6. The zero-order chi connectivity index (χ0) is 27.6. The number of anilines is 1. The van der Waals surface area contributed by atoms with Crippen LogP contribution in [0.5, 0.6) is 0 Å².